The molecule has 4 N–H and O–H groups in total. The minimum atomic E-state index is -2.80. The van der Waals surface area contributed by atoms with Crippen LogP contribution in [0.25, 0.3) is 0 Å². The largest absolute Gasteiger partial charge is 0.504 e. The Kier molecular flexibility index (Phi) is 5.41. The summed E-state index contributed by atoms with van der Waals surface area (Å²) in [5, 5.41) is 21.8. The number of fused-ring (bicyclic) bond motifs is 3. The number of likely N-dealkylation sites (N-methyl/N-ethyl adjacent to an activating group) is 1. The lowest BCUT2D eigenvalue weighted by Gasteiger charge is -2.52. The van der Waals surface area contributed by atoms with Crippen LogP contribution in [0.2, 0.25) is 0 Å². The zero-order chi connectivity index (χ0) is 25.4. The molecule has 0 heterocycles. The number of benzene rings is 1. The molecule has 182 valence electrons. The van der Waals surface area contributed by atoms with Gasteiger partial charge in [0.05, 0.1) is 17.5 Å². The number of amides is 1. The smallest absolute Gasteiger partial charge is 0.235 e. The Bertz CT molecular complexity index is 1160. The number of phenolic OH excluding ortho intramolecular Hbond substituents is 1. The highest BCUT2D eigenvalue weighted by Crippen LogP contribution is 2.52. The van der Waals surface area contributed by atoms with E-state index in [4.69, 9.17) is 5.73 Å². The average molecular weight is 475 g/mol. The number of Topliss-reactive ketones (excluding diaryl/α,β-unsaturated/α-hetero) is 4. The molecule has 34 heavy (non-hydrogen) atoms. The van der Waals surface area contributed by atoms with Crippen molar-refractivity contribution in [2.24, 2.45) is 29.4 Å². The molecule has 0 spiro atoms. The predicted octanol–water partition coefficient (Wildman–Crippen LogP) is -0.928. The van der Waals surface area contributed by atoms with Crippen LogP contribution in [0.15, 0.2) is 6.07 Å². The molecule has 1 amide bonds. The minimum absolute atomic E-state index is 0.0606. The summed E-state index contributed by atoms with van der Waals surface area (Å²) in [7, 11) is 6.30. The van der Waals surface area contributed by atoms with Gasteiger partial charge >= 0.3 is 0 Å². The van der Waals surface area contributed by atoms with Gasteiger partial charge in [-0.2, -0.15) is 0 Å². The summed E-state index contributed by atoms with van der Waals surface area (Å²) in [6.45, 7) is 0. The first-order chi connectivity index (χ1) is 15.7. The molecule has 0 aliphatic heterocycles. The zero-order valence-corrected chi connectivity index (χ0v) is 19.2. The number of rotatable bonds is 3. The van der Waals surface area contributed by atoms with E-state index in [1.165, 1.54) is 19.0 Å². The van der Waals surface area contributed by atoms with Gasteiger partial charge in [-0.1, -0.05) is 0 Å². The van der Waals surface area contributed by atoms with E-state index in [0.717, 1.165) is 6.07 Å². The summed E-state index contributed by atoms with van der Waals surface area (Å²) >= 11 is 0. The van der Waals surface area contributed by atoms with E-state index < -0.39 is 75.9 Å². The Morgan fingerprint density at radius 3 is 2.29 bits per heavy atom. The number of carbonyl (C=O) groups is 5. The van der Waals surface area contributed by atoms with Crippen molar-refractivity contribution >= 4 is 34.7 Å². The molecule has 0 radical (unpaired) electrons. The first-order valence-corrected chi connectivity index (χ1v) is 10.8. The highest BCUT2D eigenvalue weighted by molar-refractivity contribution is 6.32. The third-order valence-corrected chi connectivity index (χ3v) is 7.47. The van der Waals surface area contributed by atoms with Gasteiger partial charge in [0.25, 0.3) is 0 Å². The number of nitrogens with two attached hydrogens (primary N) is 1. The minimum Gasteiger partial charge on any atom is -0.504 e. The summed E-state index contributed by atoms with van der Waals surface area (Å²) in [5.41, 5.74) is 2.80. The third-order valence-electron chi connectivity index (χ3n) is 7.47. The normalized spacial score (nSPS) is 32.9. The maximum absolute atomic E-state index is 14.4. The van der Waals surface area contributed by atoms with Crippen LogP contribution in [0.1, 0.15) is 22.3 Å². The molecule has 0 saturated heterocycles. The average Bonchev–Trinajstić information content (AvgIpc) is 2.72. The molecule has 11 heteroatoms. The Hall–Kier alpha value is -3.18. The summed E-state index contributed by atoms with van der Waals surface area (Å²) < 4.78 is 14.4. The van der Waals surface area contributed by atoms with Crippen molar-refractivity contribution in [2.75, 3.05) is 33.1 Å². The van der Waals surface area contributed by atoms with Crippen LogP contribution in [-0.4, -0.2) is 84.0 Å². The molecule has 3 unspecified atom stereocenters. The number of primary amides is 1. The van der Waals surface area contributed by atoms with Gasteiger partial charge < -0.3 is 20.8 Å². The van der Waals surface area contributed by atoms with E-state index in [1.807, 2.05) is 0 Å². The number of aromatic hydroxyl groups is 1. The molecule has 2 saturated carbocycles. The topological polar surface area (TPSA) is 158 Å². The molecule has 1 aromatic carbocycles. The van der Waals surface area contributed by atoms with Crippen molar-refractivity contribution in [1.29, 1.82) is 0 Å². The van der Waals surface area contributed by atoms with E-state index in [-0.39, 0.29) is 18.4 Å². The van der Waals surface area contributed by atoms with E-state index in [0.29, 0.717) is 11.3 Å². The highest BCUT2D eigenvalue weighted by atomic mass is 19.1. The molecule has 3 aliphatic carbocycles. The fraction of sp³-hybridized carbons (Fsp3) is 0.522. The van der Waals surface area contributed by atoms with Gasteiger partial charge in [-0.25, -0.2) is 4.39 Å². The standard InChI is InChI=1S/C23H26FN3O7/c1-26(2)12-7-11(24)17(28)14-9(12)5-8-6-10-16(27(3)4)19(30)15(22(25)33)21(32)23(10,34)20(31)13(8)18(14)29/h7-8,10,13,15-16,28,34H,5-6H2,1-4H3,(H2,25,33)/t8-,10-,13?,15?,16?,23-/m0/s1. The monoisotopic (exact) mass is 475 g/mol. The molecule has 4 rings (SSSR count). The molecule has 10 nitrogen and oxygen atoms in total. The lowest BCUT2D eigenvalue weighted by Crippen LogP contribution is -2.74. The number of aliphatic hydroxyl groups is 1. The Morgan fingerprint density at radius 1 is 1.15 bits per heavy atom. The van der Waals surface area contributed by atoms with Crippen molar-refractivity contribution < 1.29 is 38.6 Å². The van der Waals surface area contributed by atoms with Gasteiger partial charge in [-0.15, -0.1) is 0 Å². The van der Waals surface area contributed by atoms with Gasteiger partial charge in [0.1, 0.15) is 0 Å². The molecule has 1 aromatic rings. The fourth-order valence-corrected chi connectivity index (χ4v) is 6.02. The Morgan fingerprint density at radius 2 is 1.76 bits per heavy atom. The Balaban J connectivity index is 1.91. The molecule has 3 aliphatic rings. The number of hydrogen-bond acceptors (Lipinski definition) is 9. The number of carbonyl (C=O) groups excluding carboxylic acids is 5. The van der Waals surface area contributed by atoms with Crippen LogP contribution in [-0.2, 0) is 25.6 Å². The lowest BCUT2D eigenvalue weighted by atomic mass is 9.52. The number of hydrogen-bond donors (Lipinski definition) is 3. The van der Waals surface area contributed by atoms with Crippen molar-refractivity contribution in [3.63, 3.8) is 0 Å². The van der Waals surface area contributed by atoms with Crippen LogP contribution < -0.4 is 10.6 Å². The predicted molar refractivity (Wildman–Crippen MR) is 116 cm³/mol. The number of phenols is 1. The summed E-state index contributed by atoms with van der Waals surface area (Å²) in [6.07, 6.45) is 0.0160. The number of nitrogens with zero attached hydrogens (tertiary/aromatic N) is 2. The van der Waals surface area contributed by atoms with Crippen molar-refractivity contribution in [3.05, 3.63) is 23.0 Å². The number of ketones is 4. The van der Waals surface area contributed by atoms with Gasteiger partial charge in [0, 0.05) is 31.8 Å². The first kappa shape index (κ1) is 24.0. The maximum Gasteiger partial charge on any atom is 0.235 e. The first-order valence-electron chi connectivity index (χ1n) is 10.8. The summed E-state index contributed by atoms with van der Waals surface area (Å²) in [5.74, 6) is -13.0. The zero-order valence-electron chi connectivity index (χ0n) is 19.2. The van der Waals surface area contributed by atoms with E-state index in [9.17, 15) is 38.6 Å². The second-order valence-electron chi connectivity index (χ2n) is 9.76. The van der Waals surface area contributed by atoms with E-state index >= 15 is 0 Å². The summed E-state index contributed by atoms with van der Waals surface area (Å²) in [6, 6.07) is -0.0761. The molecular weight excluding hydrogens is 449 g/mol. The second kappa shape index (κ2) is 7.67. The molecule has 0 bridgehead atoms. The van der Waals surface area contributed by atoms with Crippen molar-refractivity contribution in [1.82, 2.24) is 4.90 Å². The van der Waals surface area contributed by atoms with E-state index in [1.54, 1.807) is 19.0 Å². The highest BCUT2D eigenvalue weighted by Gasteiger charge is 2.69. The number of anilines is 1. The van der Waals surface area contributed by atoms with Crippen LogP contribution in [0.4, 0.5) is 10.1 Å². The summed E-state index contributed by atoms with van der Waals surface area (Å²) in [4.78, 5) is 68.3. The van der Waals surface area contributed by atoms with Crippen LogP contribution in [0.5, 0.6) is 5.75 Å². The third kappa shape index (κ3) is 2.96. The van der Waals surface area contributed by atoms with Crippen LogP contribution >= 0.6 is 0 Å². The quantitative estimate of drug-likeness (QED) is 0.470. The van der Waals surface area contributed by atoms with Crippen LogP contribution in [0.3, 0.4) is 0 Å². The van der Waals surface area contributed by atoms with E-state index in [2.05, 4.69) is 0 Å². The molecule has 6 atom stereocenters. The molecule has 2 fully saturated rings. The number of halogens is 1. The van der Waals surface area contributed by atoms with Gasteiger partial charge in [0.15, 0.2) is 46.2 Å². The molecule has 0 aromatic heterocycles. The van der Waals surface area contributed by atoms with Gasteiger partial charge in [0.2, 0.25) is 5.91 Å². The van der Waals surface area contributed by atoms with Crippen molar-refractivity contribution in [2.45, 2.75) is 24.5 Å². The van der Waals surface area contributed by atoms with Gasteiger partial charge in [-0.3, -0.25) is 28.9 Å². The Labute approximate surface area is 194 Å². The van der Waals surface area contributed by atoms with Crippen LogP contribution in [0, 0.1) is 29.5 Å². The maximum atomic E-state index is 14.4. The second-order valence-corrected chi connectivity index (χ2v) is 9.76. The van der Waals surface area contributed by atoms with Gasteiger partial charge in [-0.05, 0) is 38.4 Å². The SMILES string of the molecule is CN(C)c1cc(F)c(O)c2c1C[C@H]1C[C@H]3C(N(C)C)C(=O)C(C(N)=O)C(=O)[C@@]3(O)C(=O)C1C2=O. The fourth-order valence-electron chi connectivity index (χ4n) is 6.02. The van der Waals surface area contributed by atoms with Crippen molar-refractivity contribution in [3.8, 4) is 5.75 Å². The lowest BCUT2D eigenvalue weighted by molar-refractivity contribution is -0.181. The molecular formula is C23H26FN3O7.